The highest BCUT2D eigenvalue weighted by Crippen LogP contribution is 2.64. The van der Waals surface area contributed by atoms with E-state index in [2.05, 4.69) is 26.8 Å². The van der Waals surface area contributed by atoms with Crippen molar-refractivity contribution in [3.63, 3.8) is 0 Å². The lowest BCUT2D eigenvalue weighted by atomic mass is 9.48. The van der Waals surface area contributed by atoms with E-state index < -0.39 is 0 Å². The minimum atomic E-state index is -0.158. The Hall–Kier alpha value is -1.12. The maximum atomic E-state index is 12.8. The van der Waals surface area contributed by atoms with Crippen LogP contribution in [0.2, 0.25) is 0 Å². The Balaban J connectivity index is 1.61. The number of carbonyl (C=O) groups excluding carboxylic acids is 2. The van der Waals surface area contributed by atoms with Crippen LogP contribution in [0.15, 0.2) is 11.6 Å². The van der Waals surface area contributed by atoms with Gasteiger partial charge in [-0.25, -0.2) is 0 Å². The number of ether oxygens (including phenoxy) is 1. The van der Waals surface area contributed by atoms with Crippen LogP contribution < -0.4 is 0 Å². The summed E-state index contributed by atoms with van der Waals surface area (Å²) in [7, 11) is 0. The Morgan fingerprint density at radius 2 is 1.88 bits per heavy atom. The molecule has 3 nitrogen and oxygen atoms in total. The highest BCUT2D eigenvalue weighted by Gasteiger charge is 2.60. The average Bonchev–Trinajstić information content (AvgIpc) is 2.78. The molecule has 0 unspecified atom stereocenters. The summed E-state index contributed by atoms with van der Waals surface area (Å²) < 4.78 is 5.51. The van der Waals surface area contributed by atoms with Gasteiger partial charge in [-0.2, -0.15) is 0 Å². The Morgan fingerprint density at radius 1 is 1.16 bits per heavy atom. The summed E-state index contributed by atoms with van der Waals surface area (Å²) in [4.78, 5) is 24.1. The van der Waals surface area contributed by atoms with Crippen molar-refractivity contribution in [2.24, 2.45) is 34.5 Å². The van der Waals surface area contributed by atoms with Gasteiger partial charge in [0.25, 0.3) is 0 Å². The van der Waals surface area contributed by atoms with Crippen molar-refractivity contribution < 1.29 is 14.3 Å². The number of esters is 1. The second kappa shape index (κ2) is 5.69. The second-order valence-corrected chi connectivity index (χ2v) is 9.69. The number of hydrogen-bond acceptors (Lipinski definition) is 3. The zero-order valence-corrected chi connectivity index (χ0v) is 16.1. The van der Waals surface area contributed by atoms with Gasteiger partial charge >= 0.3 is 5.97 Å². The molecule has 7 atom stereocenters. The fraction of sp³-hybridized carbons (Fsp3) is 0.818. The highest BCUT2D eigenvalue weighted by molar-refractivity contribution is 5.89. The van der Waals surface area contributed by atoms with Crippen LogP contribution in [0.4, 0.5) is 0 Å². The third-order valence-electron chi connectivity index (χ3n) is 8.40. The zero-order chi connectivity index (χ0) is 18.0. The minimum Gasteiger partial charge on any atom is -0.462 e. The number of fused-ring (bicyclic) bond motifs is 5. The van der Waals surface area contributed by atoms with Gasteiger partial charge in [-0.3, -0.25) is 9.59 Å². The lowest BCUT2D eigenvalue weighted by Crippen LogP contribution is -2.50. The van der Waals surface area contributed by atoms with Crippen molar-refractivity contribution >= 4 is 11.8 Å². The first-order valence-corrected chi connectivity index (χ1v) is 10.2. The van der Waals surface area contributed by atoms with Gasteiger partial charge in [-0.15, -0.1) is 0 Å². The van der Waals surface area contributed by atoms with E-state index in [1.165, 1.54) is 18.9 Å². The van der Waals surface area contributed by atoms with Crippen LogP contribution in [0.1, 0.15) is 72.6 Å². The summed E-state index contributed by atoms with van der Waals surface area (Å²) in [6.07, 6.45) is 9.98. The summed E-state index contributed by atoms with van der Waals surface area (Å²) >= 11 is 0. The molecule has 4 aliphatic carbocycles. The Kier molecular flexibility index (Phi) is 3.94. The molecule has 0 radical (unpaired) electrons. The standard InChI is InChI=1S/C22H32O3/c1-13-11-19-17-6-5-15-12-16(25-14(2)23)7-9-21(15,3)18(17)8-10-22(19,4)20(13)24/h5,13,16-19H,6-12H2,1-4H3/t13-,16-,17-,18-,19+,21+,22+/m1/s1. The van der Waals surface area contributed by atoms with Crippen LogP contribution in [0.25, 0.3) is 0 Å². The Labute approximate surface area is 151 Å². The number of Topliss-reactive ketones (excluding diaryl/α,β-unsaturated/α-hetero) is 1. The fourth-order valence-electron chi connectivity index (χ4n) is 7.07. The van der Waals surface area contributed by atoms with E-state index >= 15 is 0 Å². The Morgan fingerprint density at radius 3 is 2.60 bits per heavy atom. The molecule has 3 fully saturated rings. The molecule has 138 valence electrons. The van der Waals surface area contributed by atoms with E-state index in [4.69, 9.17) is 4.74 Å². The first kappa shape index (κ1) is 17.3. The smallest absolute Gasteiger partial charge is 0.302 e. The molecule has 25 heavy (non-hydrogen) atoms. The molecule has 4 rings (SSSR count). The molecule has 0 aromatic carbocycles. The number of ketones is 1. The molecule has 0 saturated heterocycles. The van der Waals surface area contributed by atoms with Crippen molar-refractivity contribution in [3.8, 4) is 0 Å². The van der Waals surface area contributed by atoms with E-state index in [1.807, 2.05) is 0 Å². The van der Waals surface area contributed by atoms with Gasteiger partial charge in [0.05, 0.1) is 0 Å². The van der Waals surface area contributed by atoms with Gasteiger partial charge in [0.2, 0.25) is 0 Å². The van der Waals surface area contributed by atoms with Gasteiger partial charge in [-0.1, -0.05) is 32.4 Å². The molecule has 0 aromatic heterocycles. The lowest BCUT2D eigenvalue weighted by Gasteiger charge is -2.56. The summed E-state index contributed by atoms with van der Waals surface area (Å²) in [5, 5.41) is 0. The van der Waals surface area contributed by atoms with Crippen molar-refractivity contribution in [1.29, 1.82) is 0 Å². The van der Waals surface area contributed by atoms with Crippen LogP contribution in [0.3, 0.4) is 0 Å². The summed E-state index contributed by atoms with van der Waals surface area (Å²) in [6, 6.07) is 0. The topological polar surface area (TPSA) is 43.4 Å². The van der Waals surface area contributed by atoms with Crippen LogP contribution in [0.5, 0.6) is 0 Å². The molecule has 3 heteroatoms. The largest absolute Gasteiger partial charge is 0.462 e. The molecular formula is C22H32O3. The minimum absolute atomic E-state index is 0.0651. The number of allylic oxidation sites excluding steroid dienone is 1. The second-order valence-electron chi connectivity index (χ2n) is 9.69. The molecule has 0 bridgehead atoms. The number of carbonyl (C=O) groups is 2. The monoisotopic (exact) mass is 344 g/mol. The van der Waals surface area contributed by atoms with Crippen LogP contribution >= 0.6 is 0 Å². The van der Waals surface area contributed by atoms with Crippen molar-refractivity contribution in [2.45, 2.75) is 78.7 Å². The summed E-state index contributed by atoms with van der Waals surface area (Å²) in [5.41, 5.74) is 1.69. The van der Waals surface area contributed by atoms with E-state index in [-0.39, 0.29) is 28.8 Å². The van der Waals surface area contributed by atoms with Crippen molar-refractivity contribution in [1.82, 2.24) is 0 Å². The maximum Gasteiger partial charge on any atom is 0.302 e. The highest BCUT2D eigenvalue weighted by atomic mass is 16.5. The number of rotatable bonds is 1. The molecule has 3 saturated carbocycles. The Bertz CT molecular complexity index is 635. The molecule has 4 aliphatic rings. The van der Waals surface area contributed by atoms with E-state index in [0.717, 1.165) is 38.5 Å². The predicted octanol–water partition coefficient (Wildman–Crippen LogP) is 4.70. The van der Waals surface area contributed by atoms with Crippen molar-refractivity contribution in [2.75, 3.05) is 0 Å². The van der Waals surface area contributed by atoms with E-state index in [0.29, 0.717) is 23.5 Å². The quantitative estimate of drug-likeness (QED) is 0.512. The van der Waals surface area contributed by atoms with E-state index in [9.17, 15) is 9.59 Å². The zero-order valence-electron chi connectivity index (χ0n) is 16.1. The summed E-state index contributed by atoms with van der Waals surface area (Å²) in [6.45, 7) is 8.34. The van der Waals surface area contributed by atoms with Gasteiger partial charge in [-0.05, 0) is 61.7 Å². The van der Waals surface area contributed by atoms with Gasteiger partial charge in [0, 0.05) is 24.7 Å². The molecule has 0 spiro atoms. The van der Waals surface area contributed by atoms with Crippen LogP contribution in [0, 0.1) is 34.5 Å². The molecule has 0 aliphatic heterocycles. The third-order valence-corrected chi connectivity index (χ3v) is 8.40. The number of hydrogen-bond donors (Lipinski definition) is 0. The lowest BCUT2D eigenvalue weighted by molar-refractivity contribution is -0.148. The van der Waals surface area contributed by atoms with Gasteiger partial charge in [0.15, 0.2) is 0 Å². The first-order chi connectivity index (χ1) is 11.8. The van der Waals surface area contributed by atoms with Gasteiger partial charge < -0.3 is 4.74 Å². The molecule has 0 heterocycles. The molecule has 0 N–H and O–H groups in total. The van der Waals surface area contributed by atoms with Gasteiger partial charge in [0.1, 0.15) is 11.9 Å². The third kappa shape index (κ3) is 2.44. The summed E-state index contributed by atoms with van der Waals surface area (Å²) in [5.74, 6) is 2.53. The molecule has 0 aromatic rings. The normalized spacial score (nSPS) is 48.9. The molecule has 0 amide bonds. The first-order valence-electron chi connectivity index (χ1n) is 10.2. The maximum absolute atomic E-state index is 12.8. The van der Waals surface area contributed by atoms with E-state index in [1.54, 1.807) is 0 Å². The fourth-order valence-corrected chi connectivity index (χ4v) is 7.07. The average molecular weight is 344 g/mol. The predicted molar refractivity (Wildman–Crippen MR) is 96.8 cm³/mol. The van der Waals surface area contributed by atoms with Crippen LogP contribution in [-0.4, -0.2) is 17.9 Å². The van der Waals surface area contributed by atoms with Crippen LogP contribution in [-0.2, 0) is 14.3 Å². The SMILES string of the molecule is CC(=O)O[C@@H]1CC[C@@]2(C)C(=CC[C@@H]3[C@H]2CC[C@]2(C)C(=O)[C@H](C)C[C@@H]32)C1. The molecular weight excluding hydrogens is 312 g/mol. The van der Waals surface area contributed by atoms with Crippen molar-refractivity contribution in [3.05, 3.63) is 11.6 Å².